The highest BCUT2D eigenvalue weighted by Crippen LogP contribution is 2.27. The Morgan fingerprint density at radius 2 is 2.06 bits per heavy atom. The maximum Gasteiger partial charge on any atom is 0.337 e. The third kappa shape index (κ3) is 2.08. The lowest BCUT2D eigenvalue weighted by Crippen LogP contribution is -2.11. The number of carboxylic acids is 1. The first kappa shape index (κ1) is 11.1. The first-order valence-electron chi connectivity index (χ1n) is 4.97. The second-order valence-corrected chi connectivity index (χ2v) is 3.57. The molecule has 1 aromatic carbocycles. The van der Waals surface area contributed by atoms with Crippen molar-refractivity contribution in [2.45, 2.75) is 6.92 Å². The van der Waals surface area contributed by atoms with E-state index < -0.39 is 5.97 Å². The molecule has 0 saturated carbocycles. The van der Waals surface area contributed by atoms with Gasteiger partial charge in [0.1, 0.15) is 0 Å². The number of anilines is 1. The van der Waals surface area contributed by atoms with Gasteiger partial charge in [-0.25, -0.2) is 4.79 Å². The fraction of sp³-hybridized carbons (Fsp3) is 0.0833. The number of carbonyl (C=O) groups excluding carboxylic acids is 1. The molecule has 5 nitrogen and oxygen atoms in total. The summed E-state index contributed by atoms with van der Waals surface area (Å²) < 4.78 is 0. The third-order valence-corrected chi connectivity index (χ3v) is 2.35. The maximum atomic E-state index is 11.1. The lowest BCUT2D eigenvalue weighted by Gasteiger charge is -2.10. The fourth-order valence-electron chi connectivity index (χ4n) is 1.66. The molecule has 17 heavy (non-hydrogen) atoms. The van der Waals surface area contributed by atoms with Crippen LogP contribution in [0.3, 0.4) is 0 Å². The second kappa shape index (κ2) is 4.21. The number of hydrogen-bond acceptors (Lipinski definition) is 3. The van der Waals surface area contributed by atoms with Gasteiger partial charge in [-0.2, -0.15) is 0 Å². The van der Waals surface area contributed by atoms with Gasteiger partial charge in [-0.15, -0.1) is 0 Å². The zero-order chi connectivity index (χ0) is 12.4. The van der Waals surface area contributed by atoms with E-state index in [0.29, 0.717) is 11.1 Å². The number of aromatic nitrogens is 1. The molecule has 0 fully saturated rings. The van der Waals surface area contributed by atoms with Crippen molar-refractivity contribution in [2.75, 3.05) is 5.32 Å². The topological polar surface area (TPSA) is 79.3 Å². The summed E-state index contributed by atoms with van der Waals surface area (Å²) in [5.74, 6) is -1.38. The minimum absolute atomic E-state index is 0.0684. The summed E-state index contributed by atoms with van der Waals surface area (Å²) in [5, 5.41) is 13.1. The van der Waals surface area contributed by atoms with Gasteiger partial charge in [-0.1, -0.05) is 6.07 Å². The van der Waals surface area contributed by atoms with Crippen LogP contribution in [0.25, 0.3) is 10.8 Å². The molecule has 1 amide bonds. The van der Waals surface area contributed by atoms with Crippen molar-refractivity contribution < 1.29 is 14.7 Å². The highest BCUT2D eigenvalue weighted by atomic mass is 16.4. The van der Waals surface area contributed by atoms with Crippen LogP contribution in [0, 0.1) is 0 Å². The van der Waals surface area contributed by atoms with Gasteiger partial charge >= 0.3 is 5.97 Å². The number of carbonyl (C=O) groups is 2. The molecule has 0 aliphatic heterocycles. The number of amides is 1. The van der Waals surface area contributed by atoms with Crippen molar-refractivity contribution in [2.24, 2.45) is 0 Å². The second-order valence-electron chi connectivity index (χ2n) is 3.57. The third-order valence-electron chi connectivity index (χ3n) is 2.35. The van der Waals surface area contributed by atoms with Crippen molar-refractivity contribution in [3.63, 3.8) is 0 Å². The summed E-state index contributed by atoms with van der Waals surface area (Å²) in [5.41, 5.74) is 0.379. The fourth-order valence-corrected chi connectivity index (χ4v) is 1.66. The Hall–Kier alpha value is -2.43. The van der Waals surface area contributed by atoms with Crippen molar-refractivity contribution in [1.82, 2.24) is 4.98 Å². The summed E-state index contributed by atoms with van der Waals surface area (Å²) in [6.07, 6.45) is 3.17. The minimum atomic E-state index is -1.08. The molecule has 86 valence electrons. The van der Waals surface area contributed by atoms with Crippen LogP contribution in [0.4, 0.5) is 5.69 Å². The van der Waals surface area contributed by atoms with E-state index in [0.717, 1.165) is 5.39 Å². The van der Waals surface area contributed by atoms with E-state index in [2.05, 4.69) is 10.3 Å². The monoisotopic (exact) mass is 230 g/mol. The van der Waals surface area contributed by atoms with E-state index in [1.165, 1.54) is 13.0 Å². The van der Waals surface area contributed by atoms with Crippen molar-refractivity contribution in [3.05, 3.63) is 36.2 Å². The zero-order valence-corrected chi connectivity index (χ0v) is 9.10. The van der Waals surface area contributed by atoms with E-state index in [1.807, 2.05) is 0 Å². The molecule has 0 bridgehead atoms. The first-order chi connectivity index (χ1) is 8.09. The van der Waals surface area contributed by atoms with E-state index in [4.69, 9.17) is 5.11 Å². The summed E-state index contributed by atoms with van der Waals surface area (Å²) in [7, 11) is 0. The molecule has 0 spiro atoms. The van der Waals surface area contributed by atoms with Gasteiger partial charge in [-0.05, 0) is 12.1 Å². The number of fused-ring (bicyclic) bond motifs is 1. The molecule has 0 saturated heterocycles. The molecule has 1 aromatic heterocycles. The van der Waals surface area contributed by atoms with E-state index in [1.54, 1.807) is 24.5 Å². The number of benzene rings is 1. The summed E-state index contributed by atoms with van der Waals surface area (Å²) in [6.45, 7) is 1.34. The Morgan fingerprint density at radius 1 is 1.29 bits per heavy atom. The SMILES string of the molecule is CC(=O)Nc1c(C(=O)O)ccc2cnccc12. The number of nitrogens with one attached hydrogen (secondary N) is 1. The van der Waals surface area contributed by atoms with Crippen molar-refractivity contribution in [3.8, 4) is 0 Å². The Bertz CT molecular complexity index is 608. The molecule has 2 aromatic rings. The largest absolute Gasteiger partial charge is 0.478 e. The Morgan fingerprint density at radius 3 is 2.71 bits per heavy atom. The molecule has 0 aliphatic rings. The Kier molecular flexibility index (Phi) is 2.74. The van der Waals surface area contributed by atoms with Crippen LogP contribution in [0.1, 0.15) is 17.3 Å². The van der Waals surface area contributed by atoms with E-state index in [9.17, 15) is 9.59 Å². The average molecular weight is 230 g/mol. The number of aromatic carboxylic acids is 1. The van der Waals surface area contributed by atoms with Crippen LogP contribution in [0.5, 0.6) is 0 Å². The highest BCUT2D eigenvalue weighted by Gasteiger charge is 2.14. The average Bonchev–Trinajstić information content (AvgIpc) is 2.28. The smallest absolute Gasteiger partial charge is 0.337 e. The quantitative estimate of drug-likeness (QED) is 0.825. The van der Waals surface area contributed by atoms with Crippen LogP contribution in [0.2, 0.25) is 0 Å². The molecule has 2 rings (SSSR count). The van der Waals surface area contributed by atoms with Gasteiger partial charge in [0.05, 0.1) is 11.3 Å². The molecule has 2 N–H and O–H groups in total. The standard InChI is InChI=1S/C12H10N2O3/c1-7(15)14-11-9-4-5-13-6-8(9)2-3-10(11)12(16)17/h2-6H,1H3,(H,14,15)(H,16,17). The van der Waals surface area contributed by atoms with E-state index in [-0.39, 0.29) is 11.5 Å². The number of hydrogen-bond donors (Lipinski definition) is 2. The molecule has 1 heterocycles. The van der Waals surface area contributed by atoms with Gasteiger partial charge in [0.25, 0.3) is 0 Å². The number of carboxylic acid groups (broad SMARTS) is 1. The lowest BCUT2D eigenvalue weighted by atomic mass is 10.1. The molecular formula is C12H10N2O3. The predicted molar refractivity (Wildman–Crippen MR) is 63.0 cm³/mol. The predicted octanol–water partition coefficient (Wildman–Crippen LogP) is 1.89. The van der Waals surface area contributed by atoms with Crippen LogP contribution < -0.4 is 5.32 Å². The summed E-state index contributed by atoms with van der Waals surface area (Å²) in [4.78, 5) is 26.1. The summed E-state index contributed by atoms with van der Waals surface area (Å²) >= 11 is 0. The molecule has 0 aliphatic carbocycles. The van der Waals surface area contributed by atoms with E-state index >= 15 is 0 Å². The molecule has 5 heteroatoms. The number of pyridine rings is 1. The molecule has 0 radical (unpaired) electrons. The van der Waals surface area contributed by atoms with Gasteiger partial charge < -0.3 is 10.4 Å². The van der Waals surface area contributed by atoms with Crippen LogP contribution in [-0.4, -0.2) is 22.0 Å². The van der Waals surface area contributed by atoms with Gasteiger partial charge in [0, 0.05) is 30.1 Å². The molecule has 0 atom stereocenters. The van der Waals surface area contributed by atoms with Crippen molar-refractivity contribution >= 4 is 28.3 Å². The van der Waals surface area contributed by atoms with Gasteiger partial charge in [-0.3, -0.25) is 9.78 Å². The maximum absolute atomic E-state index is 11.1. The molecule has 0 unspecified atom stereocenters. The minimum Gasteiger partial charge on any atom is -0.478 e. The number of rotatable bonds is 2. The Labute approximate surface area is 97.1 Å². The van der Waals surface area contributed by atoms with Crippen LogP contribution >= 0.6 is 0 Å². The number of nitrogens with zero attached hydrogens (tertiary/aromatic N) is 1. The van der Waals surface area contributed by atoms with Crippen LogP contribution in [-0.2, 0) is 4.79 Å². The zero-order valence-electron chi connectivity index (χ0n) is 9.10. The molecular weight excluding hydrogens is 220 g/mol. The Balaban J connectivity index is 2.74. The van der Waals surface area contributed by atoms with Crippen molar-refractivity contribution in [1.29, 1.82) is 0 Å². The first-order valence-corrected chi connectivity index (χ1v) is 4.97. The van der Waals surface area contributed by atoms with Crippen LogP contribution in [0.15, 0.2) is 30.6 Å². The van der Waals surface area contributed by atoms with Gasteiger partial charge in [0.15, 0.2) is 0 Å². The lowest BCUT2D eigenvalue weighted by molar-refractivity contribution is -0.114. The highest BCUT2D eigenvalue weighted by molar-refractivity contribution is 6.10. The van der Waals surface area contributed by atoms with Gasteiger partial charge in [0.2, 0.25) is 5.91 Å². The normalized spacial score (nSPS) is 10.2. The summed E-state index contributed by atoms with van der Waals surface area (Å²) in [6, 6.07) is 4.79.